The molecule has 2 aliphatic rings. The van der Waals surface area contributed by atoms with Crippen LogP contribution in [0.1, 0.15) is 55.0 Å². The van der Waals surface area contributed by atoms with E-state index in [-0.39, 0.29) is 6.04 Å². The number of hydrogen-bond donors (Lipinski definition) is 1. The van der Waals surface area contributed by atoms with E-state index in [0.717, 1.165) is 35.9 Å². The van der Waals surface area contributed by atoms with Crippen molar-refractivity contribution in [3.8, 4) is 11.5 Å². The van der Waals surface area contributed by atoms with Gasteiger partial charge in [0.05, 0.1) is 7.11 Å². The maximum absolute atomic E-state index is 5.93. The molecule has 1 atom stereocenters. The van der Waals surface area contributed by atoms with Crippen LogP contribution in [0.3, 0.4) is 0 Å². The Morgan fingerprint density at radius 3 is 2.73 bits per heavy atom. The SMILES string of the molecule is COc1cccc2c1OCC(NCc1cnc(C3CCCCC3)nc1)C2. The maximum Gasteiger partial charge on any atom is 0.164 e. The third-order valence-electron chi connectivity index (χ3n) is 5.47. The summed E-state index contributed by atoms with van der Waals surface area (Å²) in [6.45, 7) is 1.41. The second kappa shape index (κ2) is 8.04. The van der Waals surface area contributed by atoms with Gasteiger partial charge in [0.1, 0.15) is 12.4 Å². The first kappa shape index (κ1) is 17.3. The molecule has 5 nitrogen and oxygen atoms in total. The number of fused-ring (bicyclic) bond motifs is 1. The van der Waals surface area contributed by atoms with Crippen LogP contribution < -0.4 is 14.8 Å². The highest BCUT2D eigenvalue weighted by Crippen LogP contribution is 2.34. The summed E-state index contributed by atoms with van der Waals surface area (Å²) in [7, 11) is 1.68. The Balaban J connectivity index is 1.33. The maximum atomic E-state index is 5.93. The first-order valence-corrected chi connectivity index (χ1v) is 9.66. The largest absolute Gasteiger partial charge is 0.493 e. The van der Waals surface area contributed by atoms with Crippen molar-refractivity contribution in [3.05, 3.63) is 47.5 Å². The minimum atomic E-state index is 0.285. The molecular weight excluding hydrogens is 326 g/mol. The van der Waals surface area contributed by atoms with E-state index in [4.69, 9.17) is 9.47 Å². The van der Waals surface area contributed by atoms with Gasteiger partial charge in [-0.05, 0) is 30.9 Å². The molecule has 1 aromatic heterocycles. The van der Waals surface area contributed by atoms with Gasteiger partial charge in [-0.15, -0.1) is 0 Å². The molecule has 0 spiro atoms. The van der Waals surface area contributed by atoms with Crippen molar-refractivity contribution in [1.29, 1.82) is 0 Å². The van der Waals surface area contributed by atoms with E-state index in [2.05, 4.69) is 21.4 Å². The molecule has 0 bridgehead atoms. The van der Waals surface area contributed by atoms with Crippen molar-refractivity contribution >= 4 is 0 Å². The van der Waals surface area contributed by atoms with Gasteiger partial charge in [-0.3, -0.25) is 0 Å². The number of benzene rings is 1. The molecular formula is C21H27N3O2. The zero-order chi connectivity index (χ0) is 17.8. The summed E-state index contributed by atoms with van der Waals surface area (Å²) < 4.78 is 11.3. The highest BCUT2D eigenvalue weighted by Gasteiger charge is 2.22. The van der Waals surface area contributed by atoms with E-state index in [1.54, 1.807) is 7.11 Å². The van der Waals surface area contributed by atoms with Crippen LogP contribution in [-0.4, -0.2) is 29.7 Å². The molecule has 0 saturated heterocycles. The van der Waals surface area contributed by atoms with Gasteiger partial charge >= 0.3 is 0 Å². The summed E-state index contributed by atoms with van der Waals surface area (Å²) in [5.74, 6) is 3.28. The Hall–Kier alpha value is -2.14. The number of methoxy groups -OCH3 is 1. The summed E-state index contributed by atoms with van der Waals surface area (Å²) in [5.41, 5.74) is 2.32. The fraction of sp³-hybridized carbons (Fsp3) is 0.524. The first-order valence-electron chi connectivity index (χ1n) is 9.66. The Labute approximate surface area is 155 Å². The third kappa shape index (κ3) is 3.83. The number of nitrogens with one attached hydrogen (secondary N) is 1. The normalized spacial score (nSPS) is 20.3. The molecule has 1 fully saturated rings. The van der Waals surface area contributed by atoms with E-state index in [1.165, 1.54) is 37.7 Å². The molecule has 1 unspecified atom stereocenters. The lowest BCUT2D eigenvalue weighted by molar-refractivity contribution is 0.226. The molecule has 1 aromatic carbocycles. The molecule has 138 valence electrons. The van der Waals surface area contributed by atoms with E-state index < -0.39 is 0 Å². The predicted octanol–water partition coefficient (Wildman–Crippen LogP) is 3.63. The lowest BCUT2D eigenvalue weighted by Crippen LogP contribution is -2.39. The van der Waals surface area contributed by atoms with Crippen molar-refractivity contribution in [2.45, 2.75) is 57.0 Å². The van der Waals surface area contributed by atoms with Crippen molar-refractivity contribution in [1.82, 2.24) is 15.3 Å². The minimum absolute atomic E-state index is 0.285. The third-order valence-corrected chi connectivity index (χ3v) is 5.47. The van der Waals surface area contributed by atoms with Crippen LogP contribution in [0.25, 0.3) is 0 Å². The lowest BCUT2D eigenvalue weighted by atomic mass is 9.89. The van der Waals surface area contributed by atoms with Gasteiger partial charge in [-0.2, -0.15) is 0 Å². The lowest BCUT2D eigenvalue weighted by Gasteiger charge is -2.27. The number of aromatic nitrogens is 2. The number of hydrogen-bond acceptors (Lipinski definition) is 5. The van der Waals surface area contributed by atoms with Gasteiger partial charge in [0.2, 0.25) is 0 Å². The Morgan fingerprint density at radius 1 is 1.15 bits per heavy atom. The van der Waals surface area contributed by atoms with Crippen molar-refractivity contribution in [2.75, 3.05) is 13.7 Å². The van der Waals surface area contributed by atoms with Crippen LogP contribution in [0.2, 0.25) is 0 Å². The summed E-state index contributed by atoms with van der Waals surface area (Å²) in [4.78, 5) is 9.25. The zero-order valence-electron chi connectivity index (χ0n) is 15.4. The predicted molar refractivity (Wildman–Crippen MR) is 101 cm³/mol. The Morgan fingerprint density at radius 2 is 1.96 bits per heavy atom. The van der Waals surface area contributed by atoms with Gasteiger partial charge in [-0.25, -0.2) is 9.97 Å². The molecule has 0 amide bonds. The number of para-hydroxylation sites is 1. The van der Waals surface area contributed by atoms with E-state index in [9.17, 15) is 0 Å². The van der Waals surface area contributed by atoms with Crippen molar-refractivity contribution in [2.24, 2.45) is 0 Å². The number of ether oxygens (including phenoxy) is 2. The summed E-state index contributed by atoms with van der Waals surface area (Å²) in [5, 5.41) is 3.57. The fourth-order valence-corrected chi connectivity index (χ4v) is 3.98. The van der Waals surface area contributed by atoms with Gasteiger partial charge in [0.15, 0.2) is 11.5 Å². The number of rotatable bonds is 5. The molecule has 1 aliphatic carbocycles. The van der Waals surface area contributed by atoms with Crippen LogP contribution in [0, 0.1) is 0 Å². The monoisotopic (exact) mass is 353 g/mol. The topological polar surface area (TPSA) is 56.3 Å². The molecule has 26 heavy (non-hydrogen) atoms. The summed E-state index contributed by atoms with van der Waals surface area (Å²) >= 11 is 0. The molecule has 4 rings (SSSR count). The highest BCUT2D eigenvalue weighted by atomic mass is 16.5. The van der Waals surface area contributed by atoms with Crippen molar-refractivity contribution in [3.63, 3.8) is 0 Å². The van der Waals surface area contributed by atoms with Crippen LogP contribution in [0.15, 0.2) is 30.6 Å². The molecule has 1 N–H and O–H groups in total. The van der Waals surface area contributed by atoms with E-state index in [1.807, 2.05) is 24.5 Å². The van der Waals surface area contributed by atoms with Gasteiger partial charge in [-0.1, -0.05) is 31.4 Å². The first-order chi connectivity index (χ1) is 12.8. The molecule has 2 aromatic rings. The van der Waals surface area contributed by atoms with Crippen LogP contribution in [-0.2, 0) is 13.0 Å². The average Bonchev–Trinajstić information content (AvgIpc) is 2.72. The van der Waals surface area contributed by atoms with Gasteiger partial charge in [0.25, 0.3) is 0 Å². The summed E-state index contributed by atoms with van der Waals surface area (Å²) in [6.07, 6.45) is 11.3. The Bertz CT molecular complexity index is 727. The quantitative estimate of drug-likeness (QED) is 0.890. The molecule has 0 radical (unpaired) electrons. The van der Waals surface area contributed by atoms with Crippen LogP contribution in [0.5, 0.6) is 11.5 Å². The van der Waals surface area contributed by atoms with E-state index >= 15 is 0 Å². The fourth-order valence-electron chi connectivity index (χ4n) is 3.98. The highest BCUT2D eigenvalue weighted by molar-refractivity contribution is 5.48. The Kier molecular flexibility index (Phi) is 5.34. The standard InChI is InChI=1S/C21H27N3O2/c1-25-19-9-5-8-17-10-18(14-26-20(17)19)22-11-15-12-23-21(24-13-15)16-6-3-2-4-7-16/h5,8-9,12-13,16,18,22H,2-4,6-7,10-11,14H2,1H3. The van der Waals surface area contributed by atoms with Crippen LogP contribution >= 0.6 is 0 Å². The molecule has 5 heteroatoms. The van der Waals surface area contributed by atoms with Crippen LogP contribution in [0.4, 0.5) is 0 Å². The second-order valence-corrected chi connectivity index (χ2v) is 7.33. The van der Waals surface area contributed by atoms with Crippen molar-refractivity contribution < 1.29 is 9.47 Å². The van der Waals surface area contributed by atoms with E-state index in [0.29, 0.717) is 12.5 Å². The average molecular weight is 353 g/mol. The van der Waals surface area contributed by atoms with Gasteiger partial charge in [0, 0.05) is 36.5 Å². The molecule has 1 saturated carbocycles. The summed E-state index contributed by atoms with van der Waals surface area (Å²) in [6, 6.07) is 6.35. The number of nitrogens with zero attached hydrogens (tertiary/aromatic N) is 2. The molecule has 1 aliphatic heterocycles. The molecule has 2 heterocycles. The smallest absolute Gasteiger partial charge is 0.164 e. The second-order valence-electron chi connectivity index (χ2n) is 7.33. The minimum Gasteiger partial charge on any atom is -0.493 e. The van der Waals surface area contributed by atoms with Gasteiger partial charge < -0.3 is 14.8 Å². The zero-order valence-corrected chi connectivity index (χ0v) is 15.4.